The van der Waals surface area contributed by atoms with Gasteiger partial charge in [0, 0.05) is 10.3 Å². The van der Waals surface area contributed by atoms with Crippen LogP contribution in [-0.4, -0.2) is 57.2 Å². The molecule has 0 aromatic heterocycles. The fourth-order valence-corrected chi connectivity index (χ4v) is 3.90. The summed E-state index contributed by atoms with van der Waals surface area (Å²) in [6.45, 7) is 0. The predicted octanol–water partition coefficient (Wildman–Crippen LogP) is 5.04. The fourth-order valence-electron chi connectivity index (χ4n) is 3.57. The third-order valence-electron chi connectivity index (χ3n) is 5.06. The molecule has 0 unspecified atom stereocenters. The van der Waals surface area contributed by atoms with Gasteiger partial charge in [0.25, 0.3) is 0 Å². The summed E-state index contributed by atoms with van der Waals surface area (Å²) in [6.07, 6.45) is 0. The summed E-state index contributed by atoms with van der Waals surface area (Å²) in [5.74, 6) is -2.25. The maximum atomic E-state index is 10.4. The van der Waals surface area contributed by atoms with Gasteiger partial charge in [0.2, 0.25) is 0 Å². The molecule has 0 aliphatic carbocycles. The zero-order valence-corrected chi connectivity index (χ0v) is 17.7. The second-order valence-electron chi connectivity index (χ2n) is 7.05. The maximum absolute atomic E-state index is 10.4. The molecule has 162 valence electrons. The summed E-state index contributed by atoms with van der Waals surface area (Å²) < 4.78 is 0. The van der Waals surface area contributed by atoms with E-state index in [1.165, 1.54) is 50.5 Å². The number of thiol groups is 1. The van der Waals surface area contributed by atoms with E-state index in [1.807, 2.05) is 0 Å². The Morgan fingerprint density at radius 2 is 1.12 bits per heavy atom. The number of benzene rings is 5. The zero-order chi connectivity index (χ0) is 22.0. The molecular weight excluding hydrogens is 447 g/mol. The summed E-state index contributed by atoms with van der Waals surface area (Å²) in [4.78, 5) is 21.8. The van der Waals surface area contributed by atoms with Crippen molar-refractivity contribution in [3.8, 4) is 0 Å². The molecule has 0 bridgehead atoms. The Morgan fingerprint density at radius 1 is 0.606 bits per heavy atom. The van der Waals surface area contributed by atoms with Crippen LogP contribution in [0.1, 0.15) is 20.7 Å². The predicted molar refractivity (Wildman–Crippen MR) is 137 cm³/mol. The van der Waals surface area contributed by atoms with Crippen LogP contribution in [0, 0.1) is 0 Å². The molecule has 0 amide bonds. The summed E-state index contributed by atoms with van der Waals surface area (Å²) in [7, 11) is 0. The van der Waals surface area contributed by atoms with Crippen LogP contribution in [0.5, 0.6) is 0 Å². The molecule has 0 radical (unpaired) electrons. The number of hydrogen-bond donors (Lipinski definition) is 3. The molecule has 33 heavy (non-hydrogen) atoms. The number of carboxylic acids is 2. The first-order valence-corrected chi connectivity index (χ1v) is 9.98. The van der Waals surface area contributed by atoms with E-state index in [2.05, 4.69) is 79.4 Å². The van der Waals surface area contributed by atoms with Crippen molar-refractivity contribution in [3.63, 3.8) is 0 Å². The summed E-state index contributed by atoms with van der Waals surface area (Å²) in [5.41, 5.74) is -0.0372. The van der Waals surface area contributed by atoms with Gasteiger partial charge in [0.05, 0.1) is 11.1 Å². The topological polar surface area (TPSA) is 106 Å². The van der Waals surface area contributed by atoms with Crippen molar-refractivity contribution in [1.82, 2.24) is 0 Å². The van der Waals surface area contributed by atoms with Crippen LogP contribution in [0.25, 0.3) is 32.3 Å². The molecule has 5 rings (SSSR count). The van der Waals surface area contributed by atoms with Gasteiger partial charge >= 0.3 is 41.5 Å². The number of aromatic carboxylic acids is 2. The Balaban J connectivity index is 0.000000243. The van der Waals surface area contributed by atoms with E-state index >= 15 is 0 Å². The van der Waals surface area contributed by atoms with Gasteiger partial charge in [-0.3, -0.25) is 0 Å². The van der Waals surface area contributed by atoms with Crippen LogP contribution < -0.4 is 0 Å². The molecule has 5 aromatic carbocycles. The van der Waals surface area contributed by atoms with Crippen molar-refractivity contribution in [2.45, 2.75) is 4.90 Å². The second kappa shape index (κ2) is 11.3. The molecule has 5 nitrogen and oxygen atoms in total. The van der Waals surface area contributed by atoms with Crippen LogP contribution in [-0.2, 0) is 0 Å². The SMILES string of the molecule is O.O=C(O)c1cccc(C(=O)O)c1.Sc1cccc2ccc3cc4ccccc4cc3c12.[NaH]. The van der Waals surface area contributed by atoms with Crippen molar-refractivity contribution in [2.24, 2.45) is 0 Å². The molecule has 7 heteroatoms. The average molecular weight is 469 g/mol. The van der Waals surface area contributed by atoms with Crippen LogP contribution in [0.3, 0.4) is 0 Å². The molecule has 0 fully saturated rings. The van der Waals surface area contributed by atoms with E-state index in [1.54, 1.807) is 0 Å². The number of fused-ring (bicyclic) bond motifs is 4. The van der Waals surface area contributed by atoms with Gasteiger partial charge in [-0.25, -0.2) is 9.59 Å². The average Bonchev–Trinajstić information content (AvgIpc) is 2.78. The molecule has 0 heterocycles. The third kappa shape index (κ3) is 5.74. The van der Waals surface area contributed by atoms with Crippen LogP contribution >= 0.6 is 12.6 Å². The van der Waals surface area contributed by atoms with Gasteiger partial charge in [-0.15, -0.1) is 12.6 Å². The molecule has 0 saturated heterocycles. The molecule has 0 spiro atoms. The van der Waals surface area contributed by atoms with E-state index < -0.39 is 11.9 Å². The Kier molecular flexibility index (Phi) is 9.05. The summed E-state index contributed by atoms with van der Waals surface area (Å²) in [5, 5.41) is 24.6. The molecule has 5 aromatic rings. The first-order chi connectivity index (χ1) is 14.9. The van der Waals surface area contributed by atoms with Gasteiger partial charge in [-0.05, 0) is 63.3 Å². The second-order valence-corrected chi connectivity index (χ2v) is 7.53. The Labute approximate surface area is 217 Å². The van der Waals surface area contributed by atoms with E-state index in [-0.39, 0.29) is 46.2 Å². The number of hydrogen-bond acceptors (Lipinski definition) is 3. The third-order valence-corrected chi connectivity index (χ3v) is 5.43. The summed E-state index contributed by atoms with van der Waals surface area (Å²) >= 11 is 4.62. The number of rotatable bonds is 2. The van der Waals surface area contributed by atoms with Gasteiger partial charge in [0.15, 0.2) is 0 Å². The van der Waals surface area contributed by atoms with Crippen LogP contribution in [0.2, 0.25) is 0 Å². The van der Waals surface area contributed by atoms with Crippen LogP contribution in [0.4, 0.5) is 0 Å². The first kappa shape index (κ1) is 26.4. The van der Waals surface area contributed by atoms with E-state index in [0.717, 1.165) is 11.0 Å². The molecule has 0 aliphatic rings. The quantitative estimate of drug-likeness (QED) is 0.146. The van der Waals surface area contributed by atoms with Crippen LogP contribution in [0.15, 0.2) is 95.9 Å². The van der Waals surface area contributed by atoms with Crippen molar-refractivity contribution >= 4 is 86.4 Å². The molecule has 4 N–H and O–H groups in total. The molecule has 0 atom stereocenters. The minimum atomic E-state index is -1.13. The Hall–Kier alpha value is -2.87. The Bertz CT molecular complexity index is 1440. The van der Waals surface area contributed by atoms with Crippen molar-refractivity contribution < 1.29 is 25.3 Å². The fraction of sp³-hybridized carbons (Fsp3) is 0. The van der Waals surface area contributed by atoms with E-state index in [4.69, 9.17) is 10.2 Å². The minimum absolute atomic E-state index is 0. The normalized spacial score (nSPS) is 9.97. The van der Waals surface area contributed by atoms with Gasteiger partial charge < -0.3 is 15.7 Å². The van der Waals surface area contributed by atoms with Crippen molar-refractivity contribution in [2.75, 3.05) is 0 Å². The zero-order valence-electron chi connectivity index (χ0n) is 16.8. The van der Waals surface area contributed by atoms with Gasteiger partial charge in [0.1, 0.15) is 0 Å². The monoisotopic (exact) mass is 468 g/mol. The van der Waals surface area contributed by atoms with Gasteiger partial charge in [-0.1, -0.05) is 54.6 Å². The van der Waals surface area contributed by atoms with Crippen molar-refractivity contribution in [1.29, 1.82) is 0 Å². The number of carboxylic acid groups (broad SMARTS) is 2. The standard InChI is InChI=1S/C18H12S.C8H6O4.Na.H2O.H/c19-17-7-3-6-12-8-9-15-10-13-4-1-2-5-14(13)11-16(15)18(12)17;9-7(10)5-2-1-3-6(4-5)8(11)12;;;/h1-11,19H;1-4H,(H,9,10)(H,11,12);;1H2;. The number of carbonyl (C=O) groups is 2. The molecule has 0 saturated carbocycles. The van der Waals surface area contributed by atoms with Crippen molar-refractivity contribution in [3.05, 3.63) is 102 Å². The Morgan fingerprint density at radius 3 is 1.73 bits per heavy atom. The van der Waals surface area contributed by atoms with Gasteiger partial charge in [-0.2, -0.15) is 0 Å². The van der Waals surface area contributed by atoms with E-state index in [9.17, 15) is 9.59 Å². The molecular formula is C26H21NaO5S. The van der Waals surface area contributed by atoms with E-state index in [0.29, 0.717) is 0 Å². The first-order valence-electron chi connectivity index (χ1n) is 9.54. The molecule has 0 aliphatic heterocycles. The summed E-state index contributed by atoms with van der Waals surface area (Å²) in [6, 6.07) is 28.8.